The fraction of sp³-hybridized carbons (Fsp3) is 0.731. The van der Waals surface area contributed by atoms with Crippen LogP contribution in [0.15, 0.2) is 24.3 Å². The molecule has 0 heterocycles. The highest BCUT2D eigenvalue weighted by Crippen LogP contribution is 2.43. The summed E-state index contributed by atoms with van der Waals surface area (Å²) in [7, 11) is 0. The second-order valence-electron chi connectivity index (χ2n) is 11.7. The van der Waals surface area contributed by atoms with Crippen LogP contribution in [0, 0.1) is 22.2 Å². The van der Waals surface area contributed by atoms with Crippen molar-refractivity contribution in [1.29, 1.82) is 0 Å². The Bertz CT molecular complexity index is 636. The molecule has 1 aromatic rings. The third-order valence-electron chi connectivity index (χ3n) is 7.57. The van der Waals surface area contributed by atoms with Gasteiger partial charge in [-0.1, -0.05) is 94.7 Å². The lowest BCUT2D eigenvalue weighted by molar-refractivity contribution is 0.0307. The van der Waals surface area contributed by atoms with Crippen molar-refractivity contribution in [3.63, 3.8) is 0 Å². The Balaban J connectivity index is 2.78. The fourth-order valence-electron chi connectivity index (χ4n) is 3.08. The van der Waals surface area contributed by atoms with Crippen LogP contribution in [0.3, 0.4) is 0 Å². The van der Waals surface area contributed by atoms with E-state index in [-0.39, 0.29) is 27.6 Å². The molecule has 2 heteroatoms. The number of ether oxygens (including phenoxy) is 1. The zero-order valence-electron chi connectivity index (χ0n) is 20.3. The molecule has 0 saturated carbocycles. The molecule has 0 spiro atoms. The van der Waals surface area contributed by atoms with Crippen molar-refractivity contribution in [3.05, 3.63) is 35.4 Å². The average Bonchev–Trinajstić information content (AvgIpc) is 2.56. The fourth-order valence-corrected chi connectivity index (χ4v) is 3.08. The highest BCUT2D eigenvalue weighted by Gasteiger charge is 2.35. The van der Waals surface area contributed by atoms with Crippen LogP contribution in [0.2, 0.25) is 0 Å². The summed E-state index contributed by atoms with van der Waals surface area (Å²) in [5, 5.41) is 0. The van der Waals surface area contributed by atoms with E-state index in [0.29, 0.717) is 18.1 Å². The van der Waals surface area contributed by atoms with Gasteiger partial charge in [-0.3, -0.25) is 0 Å². The van der Waals surface area contributed by atoms with E-state index >= 15 is 0 Å². The van der Waals surface area contributed by atoms with Gasteiger partial charge in [0.15, 0.2) is 0 Å². The van der Waals surface area contributed by atoms with Gasteiger partial charge in [0.05, 0.1) is 12.2 Å². The van der Waals surface area contributed by atoms with Gasteiger partial charge >= 0.3 is 5.97 Å². The first-order valence-corrected chi connectivity index (χ1v) is 10.8. The Labute approximate surface area is 174 Å². The Morgan fingerprint density at radius 1 is 0.857 bits per heavy atom. The molecule has 1 unspecified atom stereocenters. The van der Waals surface area contributed by atoms with E-state index < -0.39 is 0 Å². The molecule has 1 aromatic carbocycles. The van der Waals surface area contributed by atoms with Gasteiger partial charge in [0.25, 0.3) is 0 Å². The van der Waals surface area contributed by atoms with Crippen molar-refractivity contribution in [2.24, 2.45) is 22.2 Å². The molecular formula is C26H44O2. The molecule has 160 valence electrons. The predicted molar refractivity (Wildman–Crippen MR) is 121 cm³/mol. The number of rotatable bonds is 7. The van der Waals surface area contributed by atoms with Gasteiger partial charge in [0.1, 0.15) is 0 Å². The Hall–Kier alpha value is -1.31. The van der Waals surface area contributed by atoms with Crippen LogP contribution < -0.4 is 0 Å². The zero-order valence-corrected chi connectivity index (χ0v) is 20.3. The maximum Gasteiger partial charge on any atom is 0.338 e. The molecule has 0 N–H and O–H groups in total. The lowest BCUT2D eigenvalue weighted by Crippen LogP contribution is -2.34. The molecule has 1 atom stereocenters. The summed E-state index contributed by atoms with van der Waals surface area (Å²) >= 11 is 0. The van der Waals surface area contributed by atoms with Gasteiger partial charge in [-0.2, -0.15) is 0 Å². The lowest BCUT2D eigenvalue weighted by atomic mass is 9.65. The molecule has 0 bridgehead atoms. The number of esters is 1. The third kappa shape index (κ3) is 5.84. The highest BCUT2D eigenvalue weighted by atomic mass is 16.5. The summed E-state index contributed by atoms with van der Waals surface area (Å²) in [4.78, 5) is 12.6. The molecule has 2 nitrogen and oxygen atoms in total. The van der Waals surface area contributed by atoms with Crippen LogP contribution in [0.5, 0.6) is 0 Å². The van der Waals surface area contributed by atoms with Crippen LogP contribution in [0.1, 0.15) is 105 Å². The van der Waals surface area contributed by atoms with E-state index in [2.05, 4.69) is 88.3 Å². The molecule has 0 aliphatic heterocycles. The monoisotopic (exact) mass is 388 g/mol. The van der Waals surface area contributed by atoms with Gasteiger partial charge in [0.2, 0.25) is 0 Å². The van der Waals surface area contributed by atoms with Crippen LogP contribution >= 0.6 is 0 Å². The van der Waals surface area contributed by atoms with Crippen molar-refractivity contribution in [1.82, 2.24) is 0 Å². The zero-order chi connectivity index (χ0) is 22.0. The van der Waals surface area contributed by atoms with Gasteiger partial charge < -0.3 is 4.74 Å². The molecule has 0 aliphatic carbocycles. The number of hydrogen-bond donors (Lipinski definition) is 0. The van der Waals surface area contributed by atoms with Crippen LogP contribution in [0.4, 0.5) is 0 Å². The van der Waals surface area contributed by atoms with Crippen molar-refractivity contribution in [2.75, 3.05) is 6.61 Å². The van der Waals surface area contributed by atoms with Gasteiger partial charge in [0, 0.05) is 0 Å². The van der Waals surface area contributed by atoms with E-state index in [9.17, 15) is 4.79 Å². The summed E-state index contributed by atoms with van der Waals surface area (Å²) in [6.07, 6.45) is 2.07. The molecule has 0 amide bonds. The topological polar surface area (TPSA) is 26.3 Å². The summed E-state index contributed by atoms with van der Waals surface area (Å²) in [6, 6.07) is 7.96. The van der Waals surface area contributed by atoms with E-state index in [1.54, 1.807) is 0 Å². The lowest BCUT2D eigenvalue weighted by Gasteiger charge is -2.41. The van der Waals surface area contributed by atoms with Crippen molar-refractivity contribution < 1.29 is 9.53 Å². The third-order valence-corrected chi connectivity index (χ3v) is 7.57. The largest absolute Gasteiger partial charge is 0.462 e. The number of carbonyl (C=O) groups is 1. The molecule has 0 saturated heterocycles. The van der Waals surface area contributed by atoms with Gasteiger partial charge in [-0.05, 0) is 51.7 Å². The van der Waals surface area contributed by atoms with Crippen molar-refractivity contribution >= 4 is 5.97 Å². The molecule has 0 aromatic heterocycles. The van der Waals surface area contributed by atoms with Gasteiger partial charge in [-0.25, -0.2) is 4.79 Å². The van der Waals surface area contributed by atoms with E-state index in [1.807, 2.05) is 12.1 Å². The minimum atomic E-state index is -0.216. The summed E-state index contributed by atoms with van der Waals surface area (Å²) in [5.41, 5.74) is 2.47. The van der Waals surface area contributed by atoms with Crippen molar-refractivity contribution in [3.8, 4) is 0 Å². The first-order valence-electron chi connectivity index (χ1n) is 10.8. The number of hydrogen-bond acceptors (Lipinski definition) is 2. The smallest absolute Gasteiger partial charge is 0.338 e. The molecular weight excluding hydrogens is 344 g/mol. The first-order chi connectivity index (χ1) is 12.5. The maximum atomic E-state index is 12.6. The SMILES string of the molecule is CCC(COC(=O)c1ccc(C(C)(C)C(C)(C)C)cc1)CC(C)(C)C(C)(C)C. The Morgan fingerprint density at radius 2 is 1.36 bits per heavy atom. The Morgan fingerprint density at radius 3 is 1.75 bits per heavy atom. The van der Waals surface area contributed by atoms with E-state index in [1.165, 1.54) is 5.56 Å². The minimum Gasteiger partial charge on any atom is -0.462 e. The summed E-state index contributed by atoms with van der Waals surface area (Å²) in [5.74, 6) is 0.171. The molecule has 0 aliphatic rings. The van der Waals surface area contributed by atoms with Crippen molar-refractivity contribution in [2.45, 2.75) is 94.4 Å². The van der Waals surface area contributed by atoms with Gasteiger partial charge in [-0.15, -0.1) is 0 Å². The second-order valence-corrected chi connectivity index (χ2v) is 11.7. The first kappa shape index (κ1) is 24.7. The summed E-state index contributed by atoms with van der Waals surface area (Å²) < 4.78 is 5.69. The van der Waals surface area contributed by atoms with E-state index in [4.69, 9.17) is 4.74 Å². The average molecular weight is 389 g/mol. The second kappa shape index (κ2) is 8.59. The molecule has 1 rings (SSSR count). The summed E-state index contributed by atoms with van der Waals surface area (Å²) in [6.45, 7) is 25.4. The van der Waals surface area contributed by atoms with Crippen LogP contribution in [-0.4, -0.2) is 12.6 Å². The maximum absolute atomic E-state index is 12.6. The predicted octanol–water partition coefficient (Wildman–Crippen LogP) is 7.66. The van der Waals surface area contributed by atoms with Crippen LogP contribution in [-0.2, 0) is 10.2 Å². The molecule has 28 heavy (non-hydrogen) atoms. The highest BCUT2D eigenvalue weighted by molar-refractivity contribution is 5.89. The normalized spacial score (nSPS) is 14.7. The standard InChI is InChI=1S/C26H44O2/c1-12-19(17-25(8,9)23(2,3)4)18-28-22(27)20-13-15-21(16-14-20)26(10,11)24(5,6)7/h13-16,19H,12,17-18H2,1-11H3. The molecule has 0 fully saturated rings. The minimum absolute atomic E-state index is 0.0290. The Kier molecular flexibility index (Phi) is 7.59. The number of benzene rings is 1. The van der Waals surface area contributed by atoms with Crippen LogP contribution in [0.25, 0.3) is 0 Å². The quantitative estimate of drug-likeness (QED) is 0.448. The van der Waals surface area contributed by atoms with E-state index in [0.717, 1.165) is 12.8 Å². The number of carbonyl (C=O) groups excluding carboxylic acids is 1. The molecule has 0 radical (unpaired) electrons.